The number of benzene rings is 1. The number of Topliss-reactive ketones (excluding diaryl/α,β-unsaturated/α-hetero) is 1. The fourth-order valence-electron chi connectivity index (χ4n) is 5.87. The SMILES string of the molecule is CCC[C@H](NC(=O)C1C[C@@H](Oc2cc(C)nc3cc(OC)ccc23)CN1C(=O)C(NC(=O)NC(C)(C)C)C(C)(C)C)C(=O)C(=O)NC1CC1. The molecule has 2 aromatic rings. The van der Waals surface area contributed by atoms with Crippen molar-refractivity contribution in [2.75, 3.05) is 13.7 Å². The maximum Gasteiger partial charge on any atom is 0.315 e. The highest BCUT2D eigenvalue weighted by Crippen LogP contribution is 2.33. The van der Waals surface area contributed by atoms with Crippen molar-refractivity contribution in [2.24, 2.45) is 5.41 Å². The smallest absolute Gasteiger partial charge is 0.315 e. The predicted octanol–water partition coefficient (Wildman–Crippen LogP) is 3.55. The van der Waals surface area contributed by atoms with E-state index >= 15 is 0 Å². The molecule has 1 saturated heterocycles. The first-order valence-corrected chi connectivity index (χ1v) is 17.1. The number of carbonyl (C=O) groups is 5. The molecule has 13 heteroatoms. The van der Waals surface area contributed by atoms with Gasteiger partial charge < -0.3 is 35.6 Å². The molecule has 1 aliphatic carbocycles. The summed E-state index contributed by atoms with van der Waals surface area (Å²) in [5.74, 6) is -1.29. The van der Waals surface area contributed by atoms with Crippen LogP contribution in [-0.2, 0) is 19.2 Å². The topological polar surface area (TPSA) is 168 Å². The number of nitrogens with one attached hydrogen (secondary N) is 4. The largest absolute Gasteiger partial charge is 0.497 e. The van der Waals surface area contributed by atoms with E-state index in [0.717, 1.165) is 18.2 Å². The van der Waals surface area contributed by atoms with Gasteiger partial charge in [-0.15, -0.1) is 0 Å². The summed E-state index contributed by atoms with van der Waals surface area (Å²) in [6, 6.07) is 3.64. The molecule has 1 saturated carbocycles. The van der Waals surface area contributed by atoms with Crippen LogP contribution in [-0.4, -0.2) is 88.9 Å². The number of hydrogen-bond acceptors (Lipinski definition) is 8. The Morgan fingerprint density at radius 1 is 1.02 bits per heavy atom. The molecule has 2 heterocycles. The van der Waals surface area contributed by atoms with E-state index in [4.69, 9.17) is 9.47 Å². The molecule has 1 aliphatic heterocycles. The van der Waals surface area contributed by atoms with Crippen LogP contribution in [0.1, 0.15) is 86.3 Å². The third-order valence-corrected chi connectivity index (χ3v) is 8.47. The van der Waals surface area contributed by atoms with Crippen LogP contribution >= 0.6 is 0 Å². The van der Waals surface area contributed by atoms with E-state index in [2.05, 4.69) is 26.3 Å². The van der Waals surface area contributed by atoms with Crippen molar-refractivity contribution in [3.8, 4) is 11.5 Å². The van der Waals surface area contributed by atoms with Gasteiger partial charge in [0.15, 0.2) is 0 Å². The van der Waals surface area contributed by atoms with Crippen molar-refractivity contribution in [3.05, 3.63) is 30.0 Å². The molecule has 1 aromatic heterocycles. The zero-order chi connectivity index (χ0) is 36.3. The maximum atomic E-state index is 14.4. The first-order chi connectivity index (χ1) is 22.9. The Kier molecular flexibility index (Phi) is 11.4. The fourth-order valence-corrected chi connectivity index (χ4v) is 5.87. The third kappa shape index (κ3) is 9.82. The van der Waals surface area contributed by atoms with E-state index in [0.29, 0.717) is 29.1 Å². The minimum atomic E-state index is -1.05. The summed E-state index contributed by atoms with van der Waals surface area (Å²) in [6.07, 6.45) is 1.94. The first-order valence-electron chi connectivity index (χ1n) is 17.1. The number of ether oxygens (including phenoxy) is 2. The molecule has 1 aromatic carbocycles. The van der Waals surface area contributed by atoms with Gasteiger partial charge in [0.05, 0.1) is 25.2 Å². The van der Waals surface area contributed by atoms with Gasteiger partial charge in [-0.05, 0) is 64.5 Å². The number of likely N-dealkylation sites (tertiary alicyclic amines) is 1. The van der Waals surface area contributed by atoms with E-state index < -0.39 is 64.7 Å². The summed E-state index contributed by atoms with van der Waals surface area (Å²) < 4.78 is 11.9. The number of nitrogens with zero attached hydrogens (tertiary/aromatic N) is 2. The van der Waals surface area contributed by atoms with Crippen LogP contribution in [0, 0.1) is 12.3 Å². The molecule has 268 valence electrons. The molecule has 13 nitrogen and oxygen atoms in total. The molecule has 0 bridgehead atoms. The Hall–Kier alpha value is -4.42. The van der Waals surface area contributed by atoms with E-state index in [-0.39, 0.29) is 25.4 Å². The van der Waals surface area contributed by atoms with Gasteiger partial charge in [0.2, 0.25) is 17.6 Å². The molecule has 0 spiro atoms. The number of fused-ring (bicyclic) bond motifs is 1. The fraction of sp³-hybridized carbons (Fsp3) is 0.611. The van der Waals surface area contributed by atoms with Crippen molar-refractivity contribution < 1.29 is 33.4 Å². The van der Waals surface area contributed by atoms with Crippen molar-refractivity contribution in [2.45, 2.75) is 123 Å². The van der Waals surface area contributed by atoms with E-state index in [1.165, 1.54) is 4.90 Å². The lowest BCUT2D eigenvalue weighted by Crippen LogP contribution is -2.61. The van der Waals surface area contributed by atoms with Gasteiger partial charge in [-0.1, -0.05) is 34.1 Å². The van der Waals surface area contributed by atoms with Crippen molar-refractivity contribution in [3.63, 3.8) is 0 Å². The summed E-state index contributed by atoms with van der Waals surface area (Å²) in [5.41, 5.74) is 0.0999. The number of pyridine rings is 1. The lowest BCUT2D eigenvalue weighted by Gasteiger charge is -2.36. The number of amides is 5. The average Bonchev–Trinajstić information content (AvgIpc) is 3.72. The Labute approximate surface area is 288 Å². The lowest BCUT2D eigenvalue weighted by atomic mass is 9.85. The summed E-state index contributed by atoms with van der Waals surface area (Å²) in [7, 11) is 1.58. The maximum absolute atomic E-state index is 14.4. The van der Waals surface area contributed by atoms with Gasteiger partial charge in [0.25, 0.3) is 5.91 Å². The first kappa shape index (κ1) is 37.4. The average molecular weight is 681 g/mol. The van der Waals surface area contributed by atoms with Gasteiger partial charge in [0, 0.05) is 41.2 Å². The second-order valence-corrected chi connectivity index (χ2v) is 15.2. The molecule has 49 heavy (non-hydrogen) atoms. The van der Waals surface area contributed by atoms with Crippen LogP contribution in [0.3, 0.4) is 0 Å². The predicted molar refractivity (Wildman–Crippen MR) is 185 cm³/mol. The van der Waals surface area contributed by atoms with Crippen LogP contribution in [0.15, 0.2) is 24.3 Å². The second kappa shape index (κ2) is 15.0. The Morgan fingerprint density at radius 3 is 2.31 bits per heavy atom. The lowest BCUT2D eigenvalue weighted by molar-refractivity contribution is -0.144. The Balaban J connectivity index is 1.65. The summed E-state index contributed by atoms with van der Waals surface area (Å²) in [5, 5.41) is 11.9. The van der Waals surface area contributed by atoms with Gasteiger partial charge in [-0.2, -0.15) is 0 Å². The van der Waals surface area contributed by atoms with Crippen LogP contribution < -0.4 is 30.7 Å². The van der Waals surface area contributed by atoms with Gasteiger partial charge >= 0.3 is 6.03 Å². The standard InChI is InChI=1S/C36H52N6O7/c1-10-11-25(29(43)32(45)38-21-12-13-21)39-31(44)27-18-23(49-28-16-20(2)37-26-17-22(48-9)14-15-24(26)28)19-42(27)33(46)30(35(3,4)5)40-34(47)41-36(6,7)8/h14-17,21,23,25,27,30H,10-13,18-19H2,1-9H3,(H,38,45)(H,39,44)(H2,40,41,47)/t23-,25+,27?,30?/m1/s1. The quantitative estimate of drug-likeness (QED) is 0.247. The highest BCUT2D eigenvalue weighted by Gasteiger charge is 2.46. The van der Waals surface area contributed by atoms with Gasteiger partial charge in [0.1, 0.15) is 29.7 Å². The number of aromatic nitrogens is 1. The molecule has 4 rings (SSSR count). The van der Waals surface area contributed by atoms with Crippen LogP contribution in [0.2, 0.25) is 0 Å². The summed E-state index contributed by atoms with van der Waals surface area (Å²) in [6.45, 7) is 14.8. The third-order valence-electron chi connectivity index (χ3n) is 8.47. The number of methoxy groups -OCH3 is 1. The zero-order valence-electron chi connectivity index (χ0n) is 30.2. The van der Waals surface area contributed by atoms with Crippen LogP contribution in [0.4, 0.5) is 4.79 Å². The number of carbonyl (C=O) groups excluding carboxylic acids is 5. The Morgan fingerprint density at radius 2 is 1.71 bits per heavy atom. The van der Waals surface area contributed by atoms with Gasteiger partial charge in [-0.25, -0.2) is 4.79 Å². The molecular weight excluding hydrogens is 628 g/mol. The number of urea groups is 1. The summed E-state index contributed by atoms with van der Waals surface area (Å²) >= 11 is 0. The minimum Gasteiger partial charge on any atom is -0.497 e. The minimum absolute atomic E-state index is 0.0124. The van der Waals surface area contributed by atoms with Crippen LogP contribution in [0.25, 0.3) is 10.9 Å². The number of ketones is 1. The normalized spacial score (nSPS) is 19.1. The molecule has 5 amide bonds. The van der Waals surface area contributed by atoms with E-state index in [1.54, 1.807) is 19.2 Å². The van der Waals surface area contributed by atoms with E-state index in [9.17, 15) is 24.0 Å². The highest BCUT2D eigenvalue weighted by molar-refractivity contribution is 6.38. The molecule has 2 unspecified atom stereocenters. The number of aryl methyl sites for hydroxylation is 1. The van der Waals surface area contributed by atoms with Crippen molar-refractivity contribution in [1.29, 1.82) is 0 Å². The van der Waals surface area contributed by atoms with Crippen molar-refractivity contribution in [1.82, 2.24) is 31.2 Å². The number of hydrogen-bond donors (Lipinski definition) is 4. The molecule has 2 fully saturated rings. The number of rotatable bonds is 12. The molecule has 4 atom stereocenters. The summed E-state index contributed by atoms with van der Waals surface area (Å²) in [4.78, 5) is 73.3. The molecular formula is C36H52N6O7. The Bertz CT molecular complexity index is 1580. The zero-order valence-corrected chi connectivity index (χ0v) is 30.2. The monoisotopic (exact) mass is 680 g/mol. The molecule has 4 N–H and O–H groups in total. The highest BCUT2D eigenvalue weighted by atomic mass is 16.5. The van der Waals surface area contributed by atoms with Crippen LogP contribution in [0.5, 0.6) is 11.5 Å². The molecule has 2 aliphatic rings. The molecule has 0 radical (unpaired) electrons. The second-order valence-electron chi connectivity index (χ2n) is 15.2. The van der Waals surface area contributed by atoms with Gasteiger partial charge in [-0.3, -0.25) is 24.2 Å². The van der Waals surface area contributed by atoms with E-state index in [1.807, 2.05) is 67.5 Å². The van der Waals surface area contributed by atoms with Crippen molar-refractivity contribution >= 4 is 40.4 Å².